The Labute approximate surface area is 131 Å². The number of hydrogen-bond donors (Lipinski definition) is 0. The maximum absolute atomic E-state index is 12.7. The van der Waals surface area contributed by atoms with Gasteiger partial charge >= 0.3 is 0 Å². The predicted octanol–water partition coefficient (Wildman–Crippen LogP) is 4.62. The summed E-state index contributed by atoms with van der Waals surface area (Å²) in [7, 11) is 0. The maximum Gasteiger partial charge on any atom is 0.265 e. The van der Waals surface area contributed by atoms with Crippen molar-refractivity contribution in [2.75, 3.05) is 0 Å². The molecule has 20 heavy (non-hydrogen) atoms. The Hall–Kier alpha value is -1.13. The van der Waals surface area contributed by atoms with Crippen molar-refractivity contribution >= 4 is 33.2 Å². The lowest BCUT2D eigenvalue weighted by Gasteiger charge is -2.22. The van der Waals surface area contributed by atoms with Crippen LogP contribution in [0.1, 0.15) is 33.6 Å². The first-order valence-electron chi connectivity index (χ1n) is 6.74. The van der Waals surface area contributed by atoms with Crippen molar-refractivity contribution in [2.45, 2.75) is 32.4 Å². The molecule has 2 nitrogen and oxygen atoms in total. The van der Waals surface area contributed by atoms with Gasteiger partial charge in [-0.15, -0.1) is 11.3 Å². The summed E-state index contributed by atoms with van der Waals surface area (Å²) in [5.41, 5.74) is 2.45. The van der Waals surface area contributed by atoms with E-state index < -0.39 is 0 Å². The van der Waals surface area contributed by atoms with Crippen molar-refractivity contribution in [3.63, 3.8) is 0 Å². The zero-order chi connectivity index (χ0) is 14.1. The van der Waals surface area contributed by atoms with Crippen molar-refractivity contribution in [1.29, 1.82) is 0 Å². The van der Waals surface area contributed by atoms with Crippen LogP contribution < -0.4 is 0 Å². The molecule has 4 heteroatoms. The normalized spacial score (nSPS) is 14.3. The van der Waals surface area contributed by atoms with Gasteiger partial charge in [-0.3, -0.25) is 4.79 Å². The molecule has 0 radical (unpaired) electrons. The SMILES string of the molecule is Cc1cccc(CN(C(=O)c2sccc2Br)C2CC2)c1. The van der Waals surface area contributed by atoms with Crippen molar-refractivity contribution in [3.05, 3.63) is 56.2 Å². The third-order valence-corrected chi connectivity index (χ3v) is 5.32. The van der Waals surface area contributed by atoms with Crippen molar-refractivity contribution in [2.24, 2.45) is 0 Å². The minimum absolute atomic E-state index is 0.149. The zero-order valence-electron chi connectivity index (χ0n) is 11.3. The molecule has 0 unspecified atom stereocenters. The summed E-state index contributed by atoms with van der Waals surface area (Å²) in [5.74, 6) is 0.149. The summed E-state index contributed by atoms with van der Waals surface area (Å²) < 4.78 is 0.905. The van der Waals surface area contributed by atoms with Crippen LogP contribution in [0, 0.1) is 6.92 Å². The molecule has 1 aliphatic rings. The van der Waals surface area contributed by atoms with E-state index in [4.69, 9.17) is 0 Å². The van der Waals surface area contributed by atoms with Gasteiger partial charge in [0.15, 0.2) is 0 Å². The molecule has 104 valence electrons. The lowest BCUT2D eigenvalue weighted by molar-refractivity contribution is 0.0734. The molecular weight excluding hydrogens is 334 g/mol. The quantitative estimate of drug-likeness (QED) is 0.788. The van der Waals surface area contributed by atoms with Crippen LogP contribution in [0.25, 0.3) is 0 Å². The smallest absolute Gasteiger partial charge is 0.265 e. The Morgan fingerprint density at radius 1 is 1.40 bits per heavy atom. The number of benzene rings is 1. The zero-order valence-corrected chi connectivity index (χ0v) is 13.7. The second kappa shape index (κ2) is 5.70. The highest BCUT2D eigenvalue weighted by atomic mass is 79.9. The van der Waals surface area contributed by atoms with E-state index in [1.165, 1.54) is 22.5 Å². The Kier molecular flexibility index (Phi) is 3.94. The van der Waals surface area contributed by atoms with E-state index in [0.717, 1.165) is 22.2 Å². The van der Waals surface area contributed by atoms with Crippen molar-refractivity contribution in [3.8, 4) is 0 Å². The van der Waals surface area contributed by atoms with E-state index in [1.807, 2.05) is 16.3 Å². The molecule has 0 spiro atoms. The molecule has 0 aliphatic heterocycles. The van der Waals surface area contributed by atoms with Gasteiger partial charge < -0.3 is 4.90 Å². The monoisotopic (exact) mass is 349 g/mol. The van der Waals surface area contributed by atoms with Gasteiger partial charge in [0.25, 0.3) is 5.91 Å². The maximum atomic E-state index is 12.7. The Balaban J connectivity index is 1.83. The van der Waals surface area contributed by atoms with Crippen molar-refractivity contribution in [1.82, 2.24) is 4.90 Å². The fourth-order valence-electron chi connectivity index (χ4n) is 2.34. The first-order valence-corrected chi connectivity index (χ1v) is 8.42. The molecule has 0 saturated heterocycles. The fourth-order valence-corrected chi connectivity index (χ4v) is 3.83. The third kappa shape index (κ3) is 2.96. The second-order valence-electron chi connectivity index (χ2n) is 5.25. The molecule has 1 saturated carbocycles. The highest BCUT2D eigenvalue weighted by Crippen LogP contribution is 2.33. The summed E-state index contributed by atoms with van der Waals surface area (Å²) in [6.07, 6.45) is 2.25. The molecule has 0 N–H and O–H groups in total. The van der Waals surface area contributed by atoms with E-state index in [1.54, 1.807) is 0 Å². The van der Waals surface area contributed by atoms with Gasteiger partial charge in [0.1, 0.15) is 4.88 Å². The second-order valence-corrected chi connectivity index (χ2v) is 7.02. The van der Waals surface area contributed by atoms with Crippen LogP contribution in [0.4, 0.5) is 0 Å². The molecule has 1 aliphatic carbocycles. The van der Waals surface area contributed by atoms with Crippen LogP contribution in [-0.2, 0) is 6.54 Å². The van der Waals surface area contributed by atoms with Gasteiger partial charge in [-0.2, -0.15) is 0 Å². The van der Waals surface area contributed by atoms with Crippen LogP contribution >= 0.6 is 27.3 Å². The minimum atomic E-state index is 0.149. The van der Waals surface area contributed by atoms with Gasteiger partial charge in [0.2, 0.25) is 0 Å². The third-order valence-electron chi connectivity index (χ3n) is 3.50. The molecule has 1 heterocycles. The van der Waals surface area contributed by atoms with E-state index in [-0.39, 0.29) is 5.91 Å². The fraction of sp³-hybridized carbons (Fsp3) is 0.312. The Bertz CT molecular complexity index is 633. The first kappa shape index (κ1) is 13.8. The Morgan fingerprint density at radius 2 is 2.20 bits per heavy atom. The van der Waals surface area contributed by atoms with E-state index in [2.05, 4.69) is 47.1 Å². The average Bonchev–Trinajstić information content (AvgIpc) is 3.17. The number of thiophene rings is 1. The predicted molar refractivity (Wildman–Crippen MR) is 86.1 cm³/mol. The van der Waals surface area contributed by atoms with Crippen LogP contribution in [0.3, 0.4) is 0 Å². The minimum Gasteiger partial charge on any atom is -0.331 e. The largest absolute Gasteiger partial charge is 0.331 e. The van der Waals surface area contributed by atoms with Gasteiger partial charge in [-0.05, 0) is 52.7 Å². The van der Waals surface area contributed by atoms with E-state index in [0.29, 0.717) is 12.6 Å². The van der Waals surface area contributed by atoms with E-state index >= 15 is 0 Å². The standard InChI is InChI=1S/C16H16BrNOS/c1-11-3-2-4-12(9-11)10-18(13-5-6-13)16(19)15-14(17)7-8-20-15/h2-4,7-9,13H,5-6,10H2,1H3. The van der Waals surface area contributed by atoms with Gasteiger partial charge in [-0.25, -0.2) is 0 Å². The highest BCUT2D eigenvalue weighted by Gasteiger charge is 2.34. The van der Waals surface area contributed by atoms with Crippen LogP contribution in [0.5, 0.6) is 0 Å². The summed E-state index contributed by atoms with van der Waals surface area (Å²) in [6.45, 7) is 2.79. The van der Waals surface area contributed by atoms with Gasteiger partial charge in [0.05, 0.1) is 0 Å². The highest BCUT2D eigenvalue weighted by molar-refractivity contribution is 9.10. The van der Waals surface area contributed by atoms with E-state index in [9.17, 15) is 4.79 Å². The number of amides is 1. The number of carbonyl (C=O) groups is 1. The topological polar surface area (TPSA) is 20.3 Å². The van der Waals surface area contributed by atoms with Crippen LogP contribution in [0.2, 0.25) is 0 Å². The van der Waals surface area contributed by atoms with Crippen LogP contribution in [-0.4, -0.2) is 16.8 Å². The summed E-state index contributed by atoms with van der Waals surface area (Å²) in [6, 6.07) is 10.8. The summed E-state index contributed by atoms with van der Waals surface area (Å²) in [5, 5.41) is 1.95. The Morgan fingerprint density at radius 3 is 2.80 bits per heavy atom. The number of hydrogen-bond acceptors (Lipinski definition) is 2. The number of halogens is 1. The molecule has 1 amide bonds. The molecule has 1 aromatic heterocycles. The summed E-state index contributed by atoms with van der Waals surface area (Å²) in [4.78, 5) is 15.5. The molecule has 2 aromatic rings. The molecule has 0 atom stereocenters. The number of rotatable bonds is 4. The van der Waals surface area contributed by atoms with Gasteiger partial charge in [0, 0.05) is 17.1 Å². The molecule has 3 rings (SSSR count). The molecule has 0 bridgehead atoms. The van der Waals surface area contributed by atoms with Gasteiger partial charge in [-0.1, -0.05) is 29.8 Å². The first-order chi connectivity index (χ1) is 9.65. The summed E-state index contributed by atoms with van der Waals surface area (Å²) >= 11 is 4.97. The number of aryl methyl sites for hydroxylation is 1. The lowest BCUT2D eigenvalue weighted by atomic mass is 10.1. The number of carbonyl (C=O) groups excluding carboxylic acids is 1. The average molecular weight is 350 g/mol. The number of nitrogens with zero attached hydrogens (tertiary/aromatic N) is 1. The molecule has 1 aromatic carbocycles. The van der Waals surface area contributed by atoms with Crippen molar-refractivity contribution < 1.29 is 4.79 Å². The van der Waals surface area contributed by atoms with Crippen LogP contribution in [0.15, 0.2) is 40.2 Å². The molecule has 1 fully saturated rings. The lowest BCUT2D eigenvalue weighted by Crippen LogP contribution is -2.32. The molecular formula is C16H16BrNOS.